The molecule has 0 aliphatic carbocycles. The lowest BCUT2D eigenvalue weighted by molar-refractivity contribution is -0.139. The number of anilines is 1. The molecule has 0 spiro atoms. The van der Waals surface area contributed by atoms with E-state index in [2.05, 4.69) is 15.5 Å². The Labute approximate surface area is 210 Å². The molecule has 10 heteroatoms. The van der Waals surface area contributed by atoms with Gasteiger partial charge in [0.25, 0.3) is 5.91 Å². The third-order valence-electron chi connectivity index (χ3n) is 4.59. The minimum absolute atomic E-state index is 0.0867. The number of ether oxygens (including phenoxy) is 1. The molecule has 0 saturated heterocycles. The van der Waals surface area contributed by atoms with Crippen molar-refractivity contribution in [3.8, 4) is 5.75 Å². The van der Waals surface area contributed by atoms with Crippen LogP contribution in [0.15, 0.2) is 70.9 Å². The van der Waals surface area contributed by atoms with Crippen LogP contribution >= 0.6 is 34.8 Å². The molecular formula is C24H18Cl3N3O4. The van der Waals surface area contributed by atoms with Gasteiger partial charge >= 0.3 is 5.97 Å². The number of aryl methyl sites for hydroxylation is 1. The van der Waals surface area contributed by atoms with Crippen molar-refractivity contribution in [2.24, 2.45) is 10.2 Å². The Kier molecular flexibility index (Phi) is 8.39. The number of nitrogens with zero attached hydrogens (tertiary/aromatic N) is 2. The monoisotopic (exact) mass is 517 g/mol. The number of halogens is 3. The summed E-state index contributed by atoms with van der Waals surface area (Å²) < 4.78 is 5.18. The van der Waals surface area contributed by atoms with E-state index < -0.39 is 23.7 Å². The van der Waals surface area contributed by atoms with Crippen LogP contribution in [0.5, 0.6) is 5.75 Å². The van der Waals surface area contributed by atoms with E-state index in [-0.39, 0.29) is 27.0 Å². The Hall–Kier alpha value is -3.26. The van der Waals surface area contributed by atoms with Crippen molar-refractivity contribution >= 4 is 63.8 Å². The van der Waals surface area contributed by atoms with Crippen LogP contribution in [0.3, 0.4) is 0 Å². The van der Waals surface area contributed by atoms with E-state index >= 15 is 0 Å². The first-order valence-corrected chi connectivity index (χ1v) is 11.0. The van der Waals surface area contributed by atoms with Crippen LogP contribution in [-0.2, 0) is 9.59 Å². The Morgan fingerprint density at radius 1 is 0.941 bits per heavy atom. The number of ketones is 1. The van der Waals surface area contributed by atoms with Crippen LogP contribution in [0.1, 0.15) is 22.8 Å². The Morgan fingerprint density at radius 3 is 2.38 bits per heavy atom. The van der Waals surface area contributed by atoms with Gasteiger partial charge in [0.05, 0.1) is 10.0 Å². The molecule has 0 bridgehead atoms. The number of hydrogen-bond donors (Lipinski definition) is 1. The first-order chi connectivity index (χ1) is 16.2. The number of carbonyl (C=O) groups is 3. The lowest BCUT2D eigenvalue weighted by Crippen LogP contribution is -2.30. The van der Waals surface area contributed by atoms with E-state index in [1.807, 2.05) is 6.92 Å². The zero-order valence-electron chi connectivity index (χ0n) is 18.0. The first kappa shape index (κ1) is 25.4. The maximum absolute atomic E-state index is 12.7. The summed E-state index contributed by atoms with van der Waals surface area (Å²) in [5.74, 6) is -1.89. The van der Waals surface area contributed by atoms with E-state index in [9.17, 15) is 14.4 Å². The summed E-state index contributed by atoms with van der Waals surface area (Å²) in [6, 6.07) is 14.2. The van der Waals surface area contributed by atoms with Crippen molar-refractivity contribution in [3.05, 3.63) is 86.9 Å². The van der Waals surface area contributed by atoms with E-state index in [1.165, 1.54) is 37.3 Å². The van der Waals surface area contributed by atoms with E-state index in [0.717, 1.165) is 5.56 Å². The highest BCUT2D eigenvalue weighted by molar-refractivity contribution is 6.33. The molecule has 7 nitrogen and oxygen atoms in total. The summed E-state index contributed by atoms with van der Waals surface area (Å²) in [7, 11) is 0. The fourth-order valence-electron chi connectivity index (χ4n) is 2.76. The minimum atomic E-state index is -1.54. The van der Waals surface area contributed by atoms with Gasteiger partial charge in [-0.1, -0.05) is 53.0 Å². The second kappa shape index (κ2) is 11.2. The van der Waals surface area contributed by atoms with Crippen molar-refractivity contribution in [2.45, 2.75) is 19.9 Å². The fraction of sp³-hybridized carbons (Fsp3) is 0.125. The lowest BCUT2D eigenvalue weighted by Gasteiger charge is -2.10. The summed E-state index contributed by atoms with van der Waals surface area (Å²) in [6.07, 6.45) is 0. The van der Waals surface area contributed by atoms with Gasteiger partial charge in [-0.15, -0.1) is 0 Å². The molecule has 3 rings (SSSR count). The number of para-hydroxylation sites is 1. The average Bonchev–Trinajstić information content (AvgIpc) is 2.78. The predicted molar refractivity (Wildman–Crippen MR) is 132 cm³/mol. The second-order valence-electron chi connectivity index (χ2n) is 7.16. The molecule has 0 heterocycles. The zero-order valence-corrected chi connectivity index (χ0v) is 20.3. The molecule has 34 heavy (non-hydrogen) atoms. The highest BCUT2D eigenvalue weighted by Gasteiger charge is 2.26. The quantitative estimate of drug-likeness (QED) is 0.160. The molecule has 174 valence electrons. The van der Waals surface area contributed by atoms with Crippen LogP contribution in [0.2, 0.25) is 15.1 Å². The van der Waals surface area contributed by atoms with Gasteiger partial charge in [-0.2, -0.15) is 10.2 Å². The van der Waals surface area contributed by atoms with Crippen molar-refractivity contribution in [2.75, 3.05) is 5.32 Å². The van der Waals surface area contributed by atoms with Crippen LogP contribution in [0, 0.1) is 6.92 Å². The molecule has 1 unspecified atom stereocenters. The molecule has 0 fully saturated rings. The van der Waals surface area contributed by atoms with Crippen LogP contribution in [0.25, 0.3) is 0 Å². The molecule has 0 aromatic heterocycles. The third kappa shape index (κ3) is 6.41. The van der Waals surface area contributed by atoms with Crippen molar-refractivity contribution < 1.29 is 19.1 Å². The van der Waals surface area contributed by atoms with Gasteiger partial charge < -0.3 is 10.1 Å². The Balaban J connectivity index is 1.81. The minimum Gasteiger partial charge on any atom is -0.423 e. The number of benzene rings is 3. The number of nitrogens with one attached hydrogen (secondary N) is 1. The molecule has 0 radical (unpaired) electrons. The molecular weight excluding hydrogens is 501 g/mol. The van der Waals surface area contributed by atoms with Gasteiger partial charge in [0, 0.05) is 16.3 Å². The summed E-state index contributed by atoms with van der Waals surface area (Å²) >= 11 is 18.2. The Morgan fingerprint density at radius 2 is 1.68 bits per heavy atom. The van der Waals surface area contributed by atoms with Gasteiger partial charge in [-0.05, 0) is 61.9 Å². The lowest BCUT2D eigenvalue weighted by atomic mass is 10.1. The molecule has 0 aliphatic rings. The topological polar surface area (TPSA) is 97.2 Å². The number of amides is 1. The van der Waals surface area contributed by atoms with Gasteiger partial charge in [-0.3, -0.25) is 9.59 Å². The van der Waals surface area contributed by atoms with Gasteiger partial charge in [0.2, 0.25) is 6.04 Å². The summed E-state index contributed by atoms with van der Waals surface area (Å²) in [5, 5.41) is 11.4. The standard InChI is InChI=1S/C24H18Cl3N3O4/c1-13-7-9-16(25)12-19(13)28-23(32)15-8-10-17(26)20(11-15)29-30-22(14(2)31)24(33)34-21-6-4-3-5-18(21)27/h3-12,22H,1-2H3,(H,28,32). The third-order valence-corrected chi connectivity index (χ3v) is 5.46. The summed E-state index contributed by atoms with van der Waals surface area (Å²) in [5.41, 5.74) is 1.70. The summed E-state index contributed by atoms with van der Waals surface area (Å²) in [6.45, 7) is 3.01. The number of carbonyl (C=O) groups excluding carboxylic acids is 3. The highest BCUT2D eigenvalue weighted by atomic mass is 35.5. The fourth-order valence-corrected chi connectivity index (χ4v) is 3.26. The second-order valence-corrected chi connectivity index (χ2v) is 8.41. The average molecular weight is 519 g/mol. The highest BCUT2D eigenvalue weighted by Crippen LogP contribution is 2.28. The van der Waals surface area contributed by atoms with Crippen LogP contribution < -0.4 is 10.1 Å². The van der Waals surface area contributed by atoms with E-state index in [4.69, 9.17) is 39.5 Å². The Bertz CT molecular complexity index is 1290. The molecule has 1 atom stereocenters. The largest absolute Gasteiger partial charge is 0.423 e. The molecule has 1 amide bonds. The number of esters is 1. The van der Waals surface area contributed by atoms with Crippen molar-refractivity contribution in [3.63, 3.8) is 0 Å². The van der Waals surface area contributed by atoms with E-state index in [1.54, 1.807) is 30.3 Å². The van der Waals surface area contributed by atoms with Gasteiger partial charge in [0.1, 0.15) is 11.4 Å². The van der Waals surface area contributed by atoms with Gasteiger partial charge in [0.15, 0.2) is 5.78 Å². The maximum atomic E-state index is 12.7. The van der Waals surface area contributed by atoms with Crippen LogP contribution in [-0.4, -0.2) is 23.7 Å². The zero-order chi connectivity index (χ0) is 24.8. The smallest absolute Gasteiger partial charge is 0.346 e. The number of azo groups is 1. The van der Waals surface area contributed by atoms with Crippen molar-refractivity contribution in [1.29, 1.82) is 0 Å². The SMILES string of the molecule is CC(=O)C(N=Nc1cc(C(=O)Nc2cc(Cl)ccc2C)ccc1Cl)C(=O)Oc1ccccc1Cl. The van der Waals surface area contributed by atoms with Crippen LogP contribution in [0.4, 0.5) is 11.4 Å². The summed E-state index contributed by atoms with van der Waals surface area (Å²) in [4.78, 5) is 37.2. The number of Topliss-reactive ketones (excluding diaryl/α,β-unsaturated/α-hetero) is 1. The first-order valence-electron chi connectivity index (χ1n) is 9.90. The number of rotatable bonds is 7. The normalized spacial score (nSPS) is 11.8. The van der Waals surface area contributed by atoms with Gasteiger partial charge in [-0.25, -0.2) is 4.79 Å². The maximum Gasteiger partial charge on any atom is 0.346 e. The molecule has 0 aliphatic heterocycles. The van der Waals surface area contributed by atoms with E-state index in [0.29, 0.717) is 10.7 Å². The number of hydrogen-bond acceptors (Lipinski definition) is 6. The van der Waals surface area contributed by atoms with Crippen molar-refractivity contribution in [1.82, 2.24) is 0 Å². The molecule has 0 saturated carbocycles. The molecule has 1 N–H and O–H groups in total. The predicted octanol–water partition coefficient (Wildman–Crippen LogP) is 6.85. The molecule has 3 aromatic carbocycles. The molecule has 3 aromatic rings.